The molecule has 1 amide bonds. The van der Waals surface area contributed by atoms with E-state index in [1.54, 1.807) is 0 Å². The van der Waals surface area contributed by atoms with Gasteiger partial charge in [-0.25, -0.2) is 12.7 Å². The predicted molar refractivity (Wildman–Crippen MR) is 87.1 cm³/mol. The summed E-state index contributed by atoms with van der Waals surface area (Å²) in [7, 11) is -0.698. The number of hydrogen-bond donors (Lipinski definition) is 0. The first-order valence-electron chi connectivity index (χ1n) is 7.29. The van der Waals surface area contributed by atoms with Crippen LogP contribution in [0.2, 0.25) is 0 Å². The molecule has 0 bridgehead atoms. The number of halogens is 1. The van der Waals surface area contributed by atoms with E-state index in [0.29, 0.717) is 22.5 Å². The molecule has 1 unspecified atom stereocenters. The second-order valence-corrected chi connectivity index (χ2v) is 9.27. The van der Waals surface area contributed by atoms with Crippen molar-refractivity contribution >= 4 is 31.9 Å². The third-order valence-corrected chi connectivity index (χ3v) is 6.82. The molecule has 1 fully saturated rings. The van der Waals surface area contributed by atoms with Gasteiger partial charge in [-0.1, -0.05) is 15.9 Å². The largest absolute Gasteiger partial charge is 0.331 e. The van der Waals surface area contributed by atoms with Crippen LogP contribution in [0.25, 0.3) is 0 Å². The highest BCUT2D eigenvalue weighted by atomic mass is 79.9. The molecular formula is C15H19BrN2O3S. The molecule has 0 saturated heterocycles. The minimum absolute atomic E-state index is 0.0948. The topological polar surface area (TPSA) is 57.7 Å². The number of sulfonamides is 1. The molecule has 1 aliphatic heterocycles. The zero-order valence-electron chi connectivity index (χ0n) is 12.8. The van der Waals surface area contributed by atoms with Crippen LogP contribution in [0.3, 0.4) is 0 Å². The van der Waals surface area contributed by atoms with Crippen molar-refractivity contribution in [2.75, 3.05) is 14.1 Å². The molecule has 0 spiro atoms. The summed E-state index contributed by atoms with van der Waals surface area (Å²) in [6, 6.07) is 3.53. The standard InChI is InChI=1S/C15H19BrN2O3S/c1-9(10-4-5-10)18-8-11-6-12(16)7-13(14(11)15(18)19)22(20,21)17(2)3/h6-7,9-10H,4-5,8H2,1-3H3. The second kappa shape index (κ2) is 5.32. The summed E-state index contributed by atoms with van der Waals surface area (Å²) in [5, 5.41) is 0. The van der Waals surface area contributed by atoms with E-state index < -0.39 is 10.0 Å². The summed E-state index contributed by atoms with van der Waals surface area (Å²) < 4.78 is 26.9. The number of hydrogen-bond acceptors (Lipinski definition) is 3. The van der Waals surface area contributed by atoms with Gasteiger partial charge >= 0.3 is 0 Å². The van der Waals surface area contributed by atoms with E-state index in [9.17, 15) is 13.2 Å². The SMILES string of the molecule is CC(C1CC1)N1Cc2cc(Br)cc(S(=O)(=O)N(C)C)c2C1=O. The summed E-state index contributed by atoms with van der Waals surface area (Å²) in [4.78, 5) is 14.7. The Kier molecular flexibility index (Phi) is 3.86. The molecule has 0 N–H and O–H groups in total. The monoisotopic (exact) mass is 386 g/mol. The normalized spacial score (nSPS) is 19.7. The Morgan fingerprint density at radius 3 is 2.50 bits per heavy atom. The van der Waals surface area contributed by atoms with Crippen LogP contribution in [-0.2, 0) is 16.6 Å². The van der Waals surface area contributed by atoms with E-state index in [0.717, 1.165) is 22.7 Å². The predicted octanol–water partition coefficient (Wildman–Crippen LogP) is 2.45. The third kappa shape index (κ3) is 2.49. The Balaban J connectivity index is 2.10. The lowest BCUT2D eigenvalue weighted by Crippen LogP contribution is -2.35. The Morgan fingerprint density at radius 2 is 1.95 bits per heavy atom. The summed E-state index contributed by atoms with van der Waals surface area (Å²) in [5.74, 6) is 0.387. The fourth-order valence-corrected chi connectivity index (χ4v) is 4.77. The van der Waals surface area contributed by atoms with E-state index in [2.05, 4.69) is 22.9 Å². The van der Waals surface area contributed by atoms with Crippen LogP contribution < -0.4 is 0 Å². The number of carbonyl (C=O) groups excluding carboxylic acids is 1. The lowest BCUT2D eigenvalue weighted by atomic mass is 10.1. The number of carbonyl (C=O) groups is 1. The van der Waals surface area contributed by atoms with Crippen LogP contribution in [0.5, 0.6) is 0 Å². The van der Waals surface area contributed by atoms with Crippen LogP contribution in [-0.4, -0.2) is 43.7 Å². The van der Waals surface area contributed by atoms with Crippen molar-refractivity contribution in [3.63, 3.8) is 0 Å². The highest BCUT2D eigenvalue weighted by molar-refractivity contribution is 9.10. The molecule has 1 aromatic carbocycles. The van der Waals surface area contributed by atoms with Gasteiger partial charge in [-0.15, -0.1) is 0 Å². The molecule has 7 heteroatoms. The lowest BCUT2D eigenvalue weighted by molar-refractivity contribution is 0.0694. The molecule has 5 nitrogen and oxygen atoms in total. The molecule has 0 radical (unpaired) electrons. The van der Waals surface area contributed by atoms with Gasteiger partial charge in [0.05, 0.1) is 10.5 Å². The van der Waals surface area contributed by atoms with Gasteiger partial charge in [0.2, 0.25) is 10.0 Å². The number of rotatable bonds is 4. The lowest BCUT2D eigenvalue weighted by Gasteiger charge is -2.24. The fraction of sp³-hybridized carbons (Fsp3) is 0.533. The molecule has 1 aliphatic carbocycles. The Morgan fingerprint density at radius 1 is 1.32 bits per heavy atom. The maximum Gasteiger partial charge on any atom is 0.256 e. The van der Waals surface area contributed by atoms with Gasteiger partial charge in [0.15, 0.2) is 0 Å². The molecule has 2 aliphatic rings. The molecule has 120 valence electrons. The molecule has 1 atom stereocenters. The van der Waals surface area contributed by atoms with Gasteiger partial charge < -0.3 is 4.90 Å². The fourth-order valence-electron chi connectivity index (χ4n) is 2.96. The van der Waals surface area contributed by atoms with Crippen LogP contribution in [0.15, 0.2) is 21.5 Å². The van der Waals surface area contributed by atoms with Crippen LogP contribution in [0.4, 0.5) is 0 Å². The average molecular weight is 387 g/mol. The molecule has 0 aromatic heterocycles. The highest BCUT2D eigenvalue weighted by Gasteiger charge is 2.41. The van der Waals surface area contributed by atoms with Crippen LogP contribution >= 0.6 is 15.9 Å². The van der Waals surface area contributed by atoms with Gasteiger partial charge in [-0.2, -0.15) is 0 Å². The zero-order valence-corrected chi connectivity index (χ0v) is 15.2. The average Bonchev–Trinajstić information content (AvgIpc) is 3.22. The van der Waals surface area contributed by atoms with Crippen LogP contribution in [0, 0.1) is 5.92 Å². The van der Waals surface area contributed by atoms with Crippen LogP contribution in [0.1, 0.15) is 35.7 Å². The summed E-state index contributed by atoms with van der Waals surface area (Å²) in [6.07, 6.45) is 2.29. The number of fused-ring (bicyclic) bond motifs is 1. The van der Waals surface area contributed by atoms with Crippen molar-refractivity contribution in [3.05, 3.63) is 27.7 Å². The molecule has 1 aromatic rings. The van der Waals surface area contributed by atoms with Crippen molar-refractivity contribution < 1.29 is 13.2 Å². The van der Waals surface area contributed by atoms with E-state index in [1.165, 1.54) is 20.2 Å². The Labute approximate surface area is 139 Å². The van der Waals surface area contributed by atoms with E-state index in [1.807, 2.05) is 11.0 Å². The Bertz CT molecular complexity index is 741. The van der Waals surface area contributed by atoms with E-state index >= 15 is 0 Å². The first kappa shape index (κ1) is 16.0. The van der Waals surface area contributed by atoms with Crippen molar-refractivity contribution in [2.45, 2.75) is 37.2 Å². The zero-order chi connectivity index (χ0) is 16.2. The maximum absolute atomic E-state index is 12.8. The first-order valence-corrected chi connectivity index (χ1v) is 9.52. The number of nitrogens with zero attached hydrogens (tertiary/aromatic N) is 2. The van der Waals surface area contributed by atoms with E-state index in [-0.39, 0.29) is 16.8 Å². The smallest absolute Gasteiger partial charge is 0.256 e. The van der Waals surface area contributed by atoms with Crippen molar-refractivity contribution in [2.24, 2.45) is 5.92 Å². The van der Waals surface area contributed by atoms with Gasteiger partial charge in [0, 0.05) is 31.2 Å². The molecule has 1 saturated carbocycles. The van der Waals surface area contributed by atoms with Gasteiger partial charge in [0.25, 0.3) is 5.91 Å². The number of amides is 1. The van der Waals surface area contributed by atoms with Crippen molar-refractivity contribution in [3.8, 4) is 0 Å². The van der Waals surface area contributed by atoms with E-state index in [4.69, 9.17) is 0 Å². The van der Waals surface area contributed by atoms with Gasteiger partial charge in [-0.3, -0.25) is 4.79 Å². The molecular weight excluding hydrogens is 368 g/mol. The summed E-state index contributed by atoms with van der Waals surface area (Å²) in [6.45, 7) is 2.54. The molecule has 3 rings (SSSR count). The van der Waals surface area contributed by atoms with Gasteiger partial charge in [-0.05, 0) is 43.4 Å². The minimum Gasteiger partial charge on any atom is -0.331 e. The van der Waals surface area contributed by atoms with Crippen molar-refractivity contribution in [1.29, 1.82) is 0 Å². The minimum atomic E-state index is -3.66. The highest BCUT2D eigenvalue weighted by Crippen LogP contribution is 2.40. The third-order valence-electron chi connectivity index (χ3n) is 4.52. The van der Waals surface area contributed by atoms with Crippen molar-refractivity contribution in [1.82, 2.24) is 9.21 Å². The Hall–Kier alpha value is -0.920. The van der Waals surface area contributed by atoms with Gasteiger partial charge in [0.1, 0.15) is 0 Å². The number of benzene rings is 1. The quantitative estimate of drug-likeness (QED) is 0.798. The first-order chi connectivity index (χ1) is 10.2. The second-order valence-electron chi connectivity index (χ2n) is 6.24. The summed E-state index contributed by atoms with van der Waals surface area (Å²) >= 11 is 3.36. The summed E-state index contributed by atoms with van der Waals surface area (Å²) in [5.41, 5.74) is 1.12. The maximum atomic E-state index is 12.8. The molecule has 22 heavy (non-hydrogen) atoms. The molecule has 1 heterocycles.